The summed E-state index contributed by atoms with van der Waals surface area (Å²) in [6.07, 6.45) is 1.97. The molecule has 132 valence electrons. The Bertz CT molecular complexity index is 886. The Labute approximate surface area is 154 Å². The van der Waals surface area contributed by atoms with Crippen LogP contribution >= 0.6 is 0 Å². The molecule has 0 unspecified atom stereocenters. The minimum absolute atomic E-state index is 0.395. The molecule has 0 spiro atoms. The van der Waals surface area contributed by atoms with Gasteiger partial charge in [0.15, 0.2) is 0 Å². The fraction of sp³-hybridized carbons (Fsp3) is 0.350. The maximum atomic E-state index is 6.17. The zero-order chi connectivity index (χ0) is 17.9. The van der Waals surface area contributed by atoms with E-state index >= 15 is 0 Å². The first-order valence-corrected chi connectivity index (χ1v) is 8.86. The molecule has 2 aromatic carbocycles. The molecule has 4 rings (SSSR count). The topological polar surface area (TPSA) is 56.4 Å². The normalized spacial score (nSPS) is 15.3. The van der Waals surface area contributed by atoms with Crippen molar-refractivity contribution in [3.8, 4) is 11.5 Å². The lowest BCUT2D eigenvalue weighted by atomic mass is 9.94. The number of nitrogens with zero attached hydrogens (tertiary/aromatic N) is 1. The highest BCUT2D eigenvalue weighted by Gasteiger charge is 2.20. The van der Waals surface area contributed by atoms with Crippen LogP contribution in [0.1, 0.15) is 30.1 Å². The first-order valence-electron chi connectivity index (χ1n) is 8.86. The number of nitrogens with one attached hydrogen (secondary N) is 1. The van der Waals surface area contributed by atoms with Crippen molar-refractivity contribution in [3.63, 3.8) is 0 Å². The molecule has 0 bridgehead atoms. The molecule has 1 saturated heterocycles. The van der Waals surface area contributed by atoms with Crippen LogP contribution in [-0.4, -0.2) is 38.1 Å². The lowest BCUT2D eigenvalue weighted by molar-refractivity contribution is 0.0838. The van der Waals surface area contributed by atoms with Crippen molar-refractivity contribution in [2.45, 2.75) is 25.4 Å². The molecular weight excluding hydrogens is 327 g/mol. The summed E-state index contributed by atoms with van der Waals surface area (Å²) >= 11 is 0. The van der Waals surface area contributed by atoms with Gasteiger partial charge in [-0.05, 0) is 36.6 Å². The van der Waals surface area contributed by atoms with Gasteiger partial charge in [-0.3, -0.25) is 0 Å². The van der Waals surface area contributed by atoms with Crippen LogP contribution < -0.4 is 14.9 Å². The smallest absolute Gasteiger partial charge is 0.140 e. The molecule has 1 N–H and O–H groups in total. The number of H-pyrrole nitrogens is 1. The second kappa shape index (κ2) is 7.42. The second-order valence-corrected chi connectivity index (χ2v) is 6.53. The van der Waals surface area contributed by atoms with Crippen molar-refractivity contribution < 1.29 is 14.2 Å². The number of imidazole rings is 1. The van der Waals surface area contributed by atoms with E-state index in [2.05, 4.69) is 4.98 Å². The molecule has 6 heteroatoms. The van der Waals surface area contributed by atoms with Crippen molar-refractivity contribution in [1.82, 2.24) is 9.97 Å². The molecule has 0 amide bonds. The highest BCUT2D eigenvalue weighted by molar-refractivity contribution is 6.35. The van der Waals surface area contributed by atoms with E-state index in [9.17, 15) is 0 Å². The third kappa shape index (κ3) is 3.42. The van der Waals surface area contributed by atoms with E-state index in [1.807, 2.05) is 36.4 Å². The fourth-order valence-electron chi connectivity index (χ4n) is 3.28. The zero-order valence-corrected chi connectivity index (χ0v) is 14.8. The Morgan fingerprint density at radius 1 is 1.15 bits per heavy atom. The summed E-state index contributed by atoms with van der Waals surface area (Å²) in [6, 6.07) is 11.6. The first kappa shape index (κ1) is 17.0. The van der Waals surface area contributed by atoms with Crippen LogP contribution in [0.15, 0.2) is 36.4 Å². The molecule has 1 aliphatic rings. The summed E-state index contributed by atoms with van der Waals surface area (Å²) in [5.74, 6) is 2.84. The highest BCUT2D eigenvalue weighted by atomic mass is 16.5. The number of aromatic nitrogens is 2. The average Bonchev–Trinajstić information content (AvgIpc) is 3.13. The van der Waals surface area contributed by atoms with Gasteiger partial charge in [0.1, 0.15) is 37.3 Å². The number of hydrogen-bond donors (Lipinski definition) is 1. The Kier molecular flexibility index (Phi) is 4.84. The summed E-state index contributed by atoms with van der Waals surface area (Å²) in [5.41, 5.74) is 3.38. The van der Waals surface area contributed by atoms with Crippen LogP contribution in [-0.2, 0) is 11.3 Å². The number of ether oxygens (including phenoxy) is 3. The van der Waals surface area contributed by atoms with Gasteiger partial charge in [-0.15, -0.1) is 0 Å². The van der Waals surface area contributed by atoms with Crippen molar-refractivity contribution >= 4 is 24.3 Å². The molecule has 3 aromatic rings. The van der Waals surface area contributed by atoms with E-state index in [0.29, 0.717) is 23.7 Å². The van der Waals surface area contributed by atoms with Gasteiger partial charge < -0.3 is 19.2 Å². The van der Waals surface area contributed by atoms with E-state index in [-0.39, 0.29) is 0 Å². The van der Waals surface area contributed by atoms with Crippen LogP contribution in [0.25, 0.3) is 11.0 Å². The van der Waals surface area contributed by atoms with Gasteiger partial charge in [-0.2, -0.15) is 0 Å². The van der Waals surface area contributed by atoms with Crippen molar-refractivity contribution in [1.29, 1.82) is 0 Å². The maximum absolute atomic E-state index is 6.17. The van der Waals surface area contributed by atoms with E-state index in [1.54, 1.807) is 7.11 Å². The van der Waals surface area contributed by atoms with Crippen LogP contribution in [0, 0.1) is 0 Å². The summed E-state index contributed by atoms with van der Waals surface area (Å²) in [4.78, 5) is 8.23. The van der Waals surface area contributed by atoms with Crippen LogP contribution in [0.5, 0.6) is 11.5 Å². The number of aromatic amines is 1. The second-order valence-electron chi connectivity index (χ2n) is 6.53. The molecule has 2 radical (unpaired) electrons. The molecule has 5 nitrogen and oxygen atoms in total. The SMILES string of the molecule is [B]c1ccc2[nH]c(C3CCOCC3)nc2c1OCc1ccc(OC)cc1. The third-order valence-corrected chi connectivity index (χ3v) is 4.81. The number of rotatable bonds is 5. The summed E-state index contributed by atoms with van der Waals surface area (Å²) in [6.45, 7) is 1.99. The summed E-state index contributed by atoms with van der Waals surface area (Å²) in [7, 11) is 7.82. The predicted octanol–water partition coefficient (Wildman–Crippen LogP) is 2.84. The maximum Gasteiger partial charge on any atom is 0.140 e. The molecule has 0 aliphatic carbocycles. The summed E-state index contributed by atoms with van der Waals surface area (Å²) in [5, 5.41) is 0. The third-order valence-electron chi connectivity index (χ3n) is 4.81. The number of fused-ring (bicyclic) bond motifs is 1. The standard InChI is InChI=1S/C20H21BN2O3/c1-24-15-4-2-13(3-5-15)12-26-19-16(21)6-7-17-18(19)23-20(22-17)14-8-10-25-11-9-14/h2-7,14H,8-12H2,1H3,(H,22,23). The fourth-order valence-corrected chi connectivity index (χ4v) is 3.28. The lowest BCUT2D eigenvalue weighted by Gasteiger charge is -2.19. The average molecular weight is 348 g/mol. The molecule has 1 fully saturated rings. The minimum atomic E-state index is 0.395. The van der Waals surface area contributed by atoms with Gasteiger partial charge in [-0.1, -0.05) is 23.7 Å². The Balaban J connectivity index is 1.58. The lowest BCUT2D eigenvalue weighted by Crippen LogP contribution is -2.15. The molecule has 2 heterocycles. The van der Waals surface area contributed by atoms with E-state index in [4.69, 9.17) is 27.0 Å². The van der Waals surface area contributed by atoms with Crippen LogP contribution in [0.3, 0.4) is 0 Å². The Hall–Kier alpha value is -2.47. The summed E-state index contributed by atoms with van der Waals surface area (Å²) < 4.78 is 16.7. The largest absolute Gasteiger partial charge is 0.497 e. The van der Waals surface area contributed by atoms with Gasteiger partial charge in [0.25, 0.3) is 0 Å². The first-order chi connectivity index (χ1) is 12.7. The van der Waals surface area contributed by atoms with Gasteiger partial charge in [0.05, 0.1) is 12.6 Å². The quantitative estimate of drug-likeness (QED) is 0.721. The molecule has 0 atom stereocenters. The van der Waals surface area contributed by atoms with Gasteiger partial charge in [0.2, 0.25) is 0 Å². The van der Waals surface area contributed by atoms with E-state index < -0.39 is 0 Å². The van der Waals surface area contributed by atoms with Crippen molar-refractivity contribution in [2.24, 2.45) is 0 Å². The Morgan fingerprint density at radius 2 is 1.92 bits per heavy atom. The van der Waals surface area contributed by atoms with Gasteiger partial charge in [-0.25, -0.2) is 4.98 Å². The monoisotopic (exact) mass is 348 g/mol. The highest BCUT2D eigenvalue weighted by Crippen LogP contribution is 2.29. The molecule has 1 aromatic heterocycles. The zero-order valence-electron chi connectivity index (χ0n) is 14.8. The van der Waals surface area contributed by atoms with E-state index in [1.165, 1.54) is 0 Å². The number of methoxy groups -OCH3 is 1. The Morgan fingerprint density at radius 3 is 2.65 bits per heavy atom. The van der Waals surface area contributed by atoms with Crippen molar-refractivity contribution in [3.05, 3.63) is 47.8 Å². The molecule has 0 saturated carbocycles. The molecule has 1 aliphatic heterocycles. The van der Waals surface area contributed by atoms with Crippen LogP contribution in [0.4, 0.5) is 0 Å². The predicted molar refractivity (Wildman–Crippen MR) is 102 cm³/mol. The minimum Gasteiger partial charge on any atom is -0.497 e. The van der Waals surface area contributed by atoms with Crippen LogP contribution in [0.2, 0.25) is 0 Å². The van der Waals surface area contributed by atoms with Crippen molar-refractivity contribution in [2.75, 3.05) is 20.3 Å². The number of benzene rings is 2. The molecule has 26 heavy (non-hydrogen) atoms. The van der Waals surface area contributed by atoms with E-state index in [0.717, 1.165) is 54.2 Å². The van der Waals surface area contributed by atoms with Gasteiger partial charge in [0, 0.05) is 19.1 Å². The number of hydrogen-bond acceptors (Lipinski definition) is 4. The van der Waals surface area contributed by atoms with Gasteiger partial charge >= 0.3 is 0 Å². The molecular formula is C20H21BN2O3.